The van der Waals surface area contributed by atoms with Crippen molar-refractivity contribution in [2.75, 3.05) is 13.7 Å². The molecule has 0 radical (unpaired) electrons. The lowest BCUT2D eigenvalue weighted by molar-refractivity contribution is -0.134. The number of Topliss-reactive ketones (excluding diaryl/α,β-unsaturated/α-hetero) is 1. The van der Waals surface area contributed by atoms with Crippen LogP contribution in [0.4, 0.5) is 0 Å². The maximum atomic E-state index is 13.6. The summed E-state index contributed by atoms with van der Waals surface area (Å²) in [6.45, 7) is 4.05. The minimum Gasteiger partial charge on any atom is -0.497 e. The van der Waals surface area contributed by atoms with E-state index < -0.39 is 41.0 Å². The van der Waals surface area contributed by atoms with Crippen LogP contribution in [-0.4, -0.2) is 60.1 Å². The summed E-state index contributed by atoms with van der Waals surface area (Å²) in [7, 11) is 1.58. The molecule has 2 fully saturated rings. The molecule has 1 aliphatic carbocycles. The van der Waals surface area contributed by atoms with Gasteiger partial charge in [-0.2, -0.15) is 0 Å². The van der Waals surface area contributed by atoms with E-state index in [0.717, 1.165) is 24.0 Å². The molecular weight excluding hydrogens is 470 g/mol. The number of benzene rings is 2. The molecule has 0 spiro atoms. The van der Waals surface area contributed by atoms with Crippen LogP contribution in [0.25, 0.3) is 0 Å². The topological polar surface area (TPSA) is 117 Å². The molecule has 2 aliphatic rings. The van der Waals surface area contributed by atoms with Gasteiger partial charge in [0.05, 0.1) is 18.8 Å². The smallest absolute Gasteiger partial charge is 0.243 e. The molecule has 8 nitrogen and oxygen atoms in total. The second-order valence-electron chi connectivity index (χ2n) is 10.8. The minimum atomic E-state index is -1.21. The molecule has 2 amide bonds. The zero-order valence-electron chi connectivity index (χ0n) is 21.8. The van der Waals surface area contributed by atoms with E-state index in [2.05, 4.69) is 16.0 Å². The summed E-state index contributed by atoms with van der Waals surface area (Å²) in [4.78, 5) is 40.2. The van der Waals surface area contributed by atoms with Crippen molar-refractivity contribution in [1.82, 2.24) is 16.0 Å². The van der Waals surface area contributed by atoms with Crippen LogP contribution >= 0.6 is 0 Å². The lowest BCUT2D eigenvalue weighted by Crippen LogP contribution is -2.59. The first-order valence-electron chi connectivity index (χ1n) is 12.9. The van der Waals surface area contributed by atoms with Gasteiger partial charge in [0.1, 0.15) is 17.8 Å². The van der Waals surface area contributed by atoms with Crippen LogP contribution in [0, 0.1) is 5.41 Å². The summed E-state index contributed by atoms with van der Waals surface area (Å²) in [6.07, 6.45) is 2.65. The molecular formula is C29H37N3O5. The number of aliphatic hydroxyl groups is 1. The molecule has 2 aromatic carbocycles. The third-order valence-electron chi connectivity index (χ3n) is 7.61. The number of hydrogen-bond acceptors (Lipinski definition) is 6. The zero-order chi connectivity index (χ0) is 26.6. The lowest BCUT2D eigenvalue weighted by atomic mass is 9.92. The van der Waals surface area contributed by atoms with Gasteiger partial charge < -0.3 is 25.8 Å². The maximum absolute atomic E-state index is 13.6. The molecule has 4 rings (SSSR count). The highest BCUT2D eigenvalue weighted by Gasteiger charge is 2.48. The van der Waals surface area contributed by atoms with Crippen molar-refractivity contribution < 1.29 is 24.2 Å². The third-order valence-corrected chi connectivity index (χ3v) is 7.61. The van der Waals surface area contributed by atoms with E-state index in [0.29, 0.717) is 25.1 Å². The van der Waals surface area contributed by atoms with Crippen LogP contribution in [0.15, 0.2) is 54.6 Å². The van der Waals surface area contributed by atoms with E-state index >= 15 is 0 Å². The number of hydrogen-bond donors (Lipinski definition) is 4. The van der Waals surface area contributed by atoms with E-state index in [1.54, 1.807) is 26.2 Å². The fraction of sp³-hybridized carbons (Fsp3) is 0.483. The molecule has 4 atom stereocenters. The average Bonchev–Trinajstić information content (AvgIpc) is 3.54. The van der Waals surface area contributed by atoms with Crippen molar-refractivity contribution >= 4 is 17.6 Å². The van der Waals surface area contributed by atoms with Crippen molar-refractivity contribution in [1.29, 1.82) is 0 Å². The van der Waals surface area contributed by atoms with Crippen molar-refractivity contribution in [2.24, 2.45) is 5.41 Å². The van der Waals surface area contributed by atoms with E-state index in [1.807, 2.05) is 49.4 Å². The Morgan fingerprint density at radius 2 is 1.57 bits per heavy atom. The van der Waals surface area contributed by atoms with Crippen LogP contribution in [0.3, 0.4) is 0 Å². The Morgan fingerprint density at radius 3 is 2.14 bits per heavy atom. The second-order valence-corrected chi connectivity index (χ2v) is 10.8. The van der Waals surface area contributed by atoms with Gasteiger partial charge in [-0.05, 0) is 62.4 Å². The van der Waals surface area contributed by atoms with Gasteiger partial charge in [-0.1, -0.05) is 49.4 Å². The predicted octanol–water partition coefficient (Wildman–Crippen LogP) is 1.93. The molecule has 1 saturated heterocycles. The molecule has 1 saturated carbocycles. The summed E-state index contributed by atoms with van der Waals surface area (Å²) in [5, 5.41) is 19.4. The number of ether oxygens (including phenoxy) is 1. The SMILES string of the molecule is COc1ccc(C[C@H](NC(=O)[C@H]2NCC[C@@]2(C)O)C(=O)N[C@@H](Cc2ccccc2)C(=O)C2(C)CC2)cc1. The van der Waals surface area contributed by atoms with Gasteiger partial charge in [0, 0.05) is 11.8 Å². The first-order chi connectivity index (χ1) is 17.6. The van der Waals surface area contributed by atoms with Gasteiger partial charge in [-0.25, -0.2) is 0 Å². The number of carbonyl (C=O) groups is 3. The van der Waals surface area contributed by atoms with Crippen LogP contribution in [0.1, 0.15) is 44.2 Å². The summed E-state index contributed by atoms with van der Waals surface area (Å²) >= 11 is 0. The highest BCUT2D eigenvalue weighted by Crippen LogP contribution is 2.46. The van der Waals surface area contributed by atoms with Crippen molar-refractivity contribution in [3.8, 4) is 5.75 Å². The molecule has 2 aromatic rings. The summed E-state index contributed by atoms with van der Waals surface area (Å²) in [5.41, 5.74) is 0.144. The number of rotatable bonds is 11. The first kappa shape index (κ1) is 26.8. The van der Waals surface area contributed by atoms with Crippen LogP contribution in [-0.2, 0) is 27.2 Å². The average molecular weight is 508 g/mol. The number of ketones is 1. The van der Waals surface area contributed by atoms with Gasteiger partial charge in [0.2, 0.25) is 11.8 Å². The van der Waals surface area contributed by atoms with Gasteiger partial charge in [-0.15, -0.1) is 0 Å². The Hall–Kier alpha value is -3.23. The van der Waals surface area contributed by atoms with Gasteiger partial charge in [-0.3, -0.25) is 14.4 Å². The maximum Gasteiger partial charge on any atom is 0.243 e. The molecule has 0 bridgehead atoms. The second kappa shape index (κ2) is 11.0. The van der Waals surface area contributed by atoms with Crippen molar-refractivity contribution in [2.45, 2.75) is 69.7 Å². The van der Waals surface area contributed by atoms with E-state index in [1.165, 1.54) is 0 Å². The fourth-order valence-electron chi connectivity index (χ4n) is 4.86. The number of methoxy groups -OCH3 is 1. The molecule has 198 valence electrons. The molecule has 1 aliphatic heterocycles. The Kier molecular flexibility index (Phi) is 7.99. The Labute approximate surface area is 218 Å². The number of carbonyl (C=O) groups excluding carboxylic acids is 3. The molecule has 0 unspecified atom stereocenters. The van der Waals surface area contributed by atoms with Gasteiger partial charge >= 0.3 is 0 Å². The van der Waals surface area contributed by atoms with E-state index in [-0.39, 0.29) is 12.2 Å². The van der Waals surface area contributed by atoms with Gasteiger partial charge in [0.15, 0.2) is 5.78 Å². The van der Waals surface area contributed by atoms with Crippen LogP contribution < -0.4 is 20.7 Å². The summed E-state index contributed by atoms with van der Waals surface area (Å²) < 4.78 is 5.23. The van der Waals surface area contributed by atoms with E-state index in [4.69, 9.17) is 4.74 Å². The highest BCUT2D eigenvalue weighted by molar-refractivity contribution is 5.97. The minimum absolute atomic E-state index is 0.0135. The highest BCUT2D eigenvalue weighted by atomic mass is 16.5. The molecule has 1 heterocycles. The fourth-order valence-corrected chi connectivity index (χ4v) is 4.86. The first-order valence-corrected chi connectivity index (χ1v) is 12.9. The lowest BCUT2D eigenvalue weighted by Gasteiger charge is -2.28. The third kappa shape index (κ3) is 6.56. The number of amides is 2. The van der Waals surface area contributed by atoms with Gasteiger partial charge in [0.25, 0.3) is 0 Å². The standard InChI is InChI=1S/C29H37N3O5/c1-28(13-14-28)25(33)22(17-19-7-5-4-6-8-19)31-26(34)23(18-20-9-11-21(37-3)12-10-20)32-27(35)24-29(2,36)15-16-30-24/h4-12,22-24,30,36H,13-18H2,1-3H3,(H,31,34)(H,32,35)/t22-,23-,24+,29+/m0/s1. The van der Waals surface area contributed by atoms with Crippen LogP contribution in [0.5, 0.6) is 5.75 Å². The monoisotopic (exact) mass is 507 g/mol. The normalized spacial score (nSPS) is 23.5. The zero-order valence-corrected chi connectivity index (χ0v) is 21.8. The predicted molar refractivity (Wildman–Crippen MR) is 140 cm³/mol. The van der Waals surface area contributed by atoms with Crippen molar-refractivity contribution in [3.05, 3.63) is 65.7 Å². The summed E-state index contributed by atoms with van der Waals surface area (Å²) in [5.74, 6) is -0.178. The Morgan fingerprint density at radius 1 is 0.946 bits per heavy atom. The van der Waals surface area contributed by atoms with E-state index in [9.17, 15) is 19.5 Å². The molecule has 0 aromatic heterocycles. The Balaban J connectivity index is 1.55. The number of nitrogens with one attached hydrogen (secondary N) is 3. The molecule has 8 heteroatoms. The molecule has 37 heavy (non-hydrogen) atoms. The quantitative estimate of drug-likeness (QED) is 0.369. The largest absolute Gasteiger partial charge is 0.497 e. The Bertz CT molecular complexity index is 1110. The van der Waals surface area contributed by atoms with Crippen molar-refractivity contribution in [3.63, 3.8) is 0 Å². The summed E-state index contributed by atoms with van der Waals surface area (Å²) in [6, 6.07) is 14.4. The molecule has 4 N–H and O–H groups in total. The van der Waals surface area contributed by atoms with Crippen LogP contribution in [0.2, 0.25) is 0 Å².